The second-order valence-corrected chi connectivity index (χ2v) is 6.84. The van der Waals surface area contributed by atoms with E-state index >= 15 is 0 Å². The Hall–Kier alpha value is -1.92. The first kappa shape index (κ1) is 18.4. The molecule has 0 aliphatic heterocycles. The van der Waals surface area contributed by atoms with Gasteiger partial charge in [0.05, 0.1) is 23.5 Å². The van der Waals surface area contributed by atoms with Crippen LogP contribution in [0.5, 0.6) is 5.75 Å². The molecule has 130 valence electrons. The summed E-state index contributed by atoms with van der Waals surface area (Å²) in [7, 11) is 1.60. The van der Waals surface area contributed by atoms with E-state index in [4.69, 9.17) is 4.74 Å². The number of carbonyl (C=O) groups excluding carboxylic acids is 1. The highest BCUT2D eigenvalue weighted by Gasteiger charge is 2.14. The number of rotatable bonds is 7. The number of anilines is 1. The van der Waals surface area contributed by atoms with E-state index in [9.17, 15) is 4.79 Å². The average molecular weight is 347 g/mol. The highest BCUT2D eigenvalue weighted by molar-refractivity contribution is 7.11. The Morgan fingerprint density at radius 1 is 1.42 bits per heavy atom. The Labute approximate surface area is 147 Å². The molecule has 1 heterocycles. The summed E-state index contributed by atoms with van der Waals surface area (Å²) >= 11 is 1.77. The summed E-state index contributed by atoms with van der Waals surface area (Å²) in [6.45, 7) is 8.53. The predicted molar refractivity (Wildman–Crippen MR) is 98.8 cm³/mol. The summed E-state index contributed by atoms with van der Waals surface area (Å²) in [5.41, 5.74) is 2.88. The maximum atomic E-state index is 11.3. The summed E-state index contributed by atoms with van der Waals surface area (Å²) in [5.74, 6) is 0.548. The smallest absolute Gasteiger partial charge is 0.221 e. The van der Waals surface area contributed by atoms with Crippen molar-refractivity contribution in [3.8, 4) is 5.75 Å². The van der Waals surface area contributed by atoms with E-state index < -0.39 is 0 Å². The van der Waals surface area contributed by atoms with Crippen LogP contribution in [-0.4, -0.2) is 18.0 Å². The van der Waals surface area contributed by atoms with Crippen molar-refractivity contribution in [3.63, 3.8) is 0 Å². The van der Waals surface area contributed by atoms with Gasteiger partial charge >= 0.3 is 0 Å². The fourth-order valence-corrected chi connectivity index (χ4v) is 3.57. The number of nitrogens with zero attached hydrogens (tertiary/aromatic N) is 1. The molecular weight excluding hydrogens is 322 g/mol. The minimum atomic E-state index is -0.112. The molecule has 2 N–H and O–H groups in total. The van der Waals surface area contributed by atoms with Crippen molar-refractivity contribution in [3.05, 3.63) is 39.3 Å². The zero-order chi connectivity index (χ0) is 17.7. The molecule has 0 fully saturated rings. The number of aromatic nitrogens is 1. The van der Waals surface area contributed by atoms with Gasteiger partial charge in [-0.1, -0.05) is 13.0 Å². The van der Waals surface area contributed by atoms with E-state index in [0.717, 1.165) is 17.7 Å². The lowest BCUT2D eigenvalue weighted by Gasteiger charge is -2.15. The predicted octanol–water partition coefficient (Wildman–Crippen LogP) is 3.83. The largest absolute Gasteiger partial charge is 0.495 e. The van der Waals surface area contributed by atoms with Crippen LogP contribution in [0.15, 0.2) is 18.2 Å². The highest BCUT2D eigenvalue weighted by Crippen LogP contribution is 2.27. The second kappa shape index (κ2) is 8.26. The molecule has 2 aromatic rings. The lowest BCUT2D eigenvalue weighted by atomic mass is 10.1. The SMILES string of the molecule is CCc1nc(C)c(C(C)NCc2ccc(OC)c(NC(C)=O)c2)s1. The molecule has 2 rings (SSSR count). The number of amides is 1. The summed E-state index contributed by atoms with van der Waals surface area (Å²) in [6.07, 6.45) is 0.969. The van der Waals surface area contributed by atoms with Crippen LogP contribution in [0.1, 0.15) is 48.0 Å². The van der Waals surface area contributed by atoms with E-state index in [1.54, 1.807) is 18.4 Å². The van der Waals surface area contributed by atoms with E-state index in [2.05, 4.69) is 36.4 Å². The number of thiazole rings is 1. The van der Waals surface area contributed by atoms with Crippen LogP contribution in [0, 0.1) is 6.92 Å². The minimum absolute atomic E-state index is 0.112. The molecule has 1 unspecified atom stereocenters. The third kappa shape index (κ3) is 4.55. The fourth-order valence-electron chi connectivity index (χ4n) is 2.53. The van der Waals surface area contributed by atoms with E-state index in [0.29, 0.717) is 18.0 Å². The summed E-state index contributed by atoms with van der Waals surface area (Å²) in [5, 5.41) is 7.51. The van der Waals surface area contributed by atoms with E-state index in [-0.39, 0.29) is 11.9 Å². The maximum absolute atomic E-state index is 11.3. The van der Waals surface area contributed by atoms with Gasteiger partial charge in [-0.3, -0.25) is 4.79 Å². The summed E-state index contributed by atoms with van der Waals surface area (Å²) in [4.78, 5) is 17.2. The lowest BCUT2D eigenvalue weighted by molar-refractivity contribution is -0.114. The summed E-state index contributed by atoms with van der Waals surface area (Å²) < 4.78 is 5.29. The standard InChI is InChI=1S/C18H25N3O2S/c1-6-17-20-12(3)18(24-17)11(2)19-10-14-7-8-16(23-5)15(9-14)21-13(4)22/h7-9,11,19H,6,10H2,1-5H3,(H,21,22). The summed E-state index contributed by atoms with van der Waals surface area (Å²) in [6, 6.07) is 6.05. The van der Waals surface area contributed by atoms with Crippen molar-refractivity contribution < 1.29 is 9.53 Å². The van der Waals surface area contributed by atoms with Crippen LogP contribution in [0.4, 0.5) is 5.69 Å². The van der Waals surface area contributed by atoms with Gasteiger partial charge in [0.1, 0.15) is 5.75 Å². The van der Waals surface area contributed by atoms with Gasteiger partial charge in [0.25, 0.3) is 0 Å². The molecule has 0 saturated carbocycles. The molecule has 0 bridgehead atoms. The molecule has 0 saturated heterocycles. The van der Waals surface area contributed by atoms with Crippen molar-refractivity contribution in [1.82, 2.24) is 10.3 Å². The van der Waals surface area contributed by atoms with E-state index in [1.807, 2.05) is 18.2 Å². The molecule has 0 radical (unpaired) electrons. The van der Waals surface area contributed by atoms with Crippen LogP contribution in [0.25, 0.3) is 0 Å². The lowest BCUT2D eigenvalue weighted by Crippen LogP contribution is -2.18. The Balaban J connectivity index is 2.07. The number of ether oxygens (including phenoxy) is 1. The van der Waals surface area contributed by atoms with Gasteiger partial charge in [0.2, 0.25) is 5.91 Å². The fraction of sp³-hybridized carbons (Fsp3) is 0.444. The van der Waals surface area contributed by atoms with Crippen molar-refractivity contribution >= 4 is 22.9 Å². The van der Waals surface area contributed by atoms with Gasteiger partial charge in [-0.15, -0.1) is 11.3 Å². The van der Waals surface area contributed by atoms with Gasteiger partial charge < -0.3 is 15.4 Å². The molecule has 24 heavy (non-hydrogen) atoms. The Morgan fingerprint density at radius 3 is 2.75 bits per heavy atom. The van der Waals surface area contributed by atoms with Crippen LogP contribution in [-0.2, 0) is 17.8 Å². The molecule has 0 aliphatic carbocycles. The zero-order valence-electron chi connectivity index (χ0n) is 14.9. The Bertz CT molecular complexity index is 712. The molecule has 5 nitrogen and oxygen atoms in total. The van der Waals surface area contributed by atoms with Gasteiger partial charge in [0, 0.05) is 24.4 Å². The number of hydrogen-bond acceptors (Lipinski definition) is 5. The molecule has 1 atom stereocenters. The van der Waals surface area contributed by atoms with Gasteiger partial charge in [-0.25, -0.2) is 4.98 Å². The minimum Gasteiger partial charge on any atom is -0.495 e. The van der Waals surface area contributed by atoms with Crippen LogP contribution >= 0.6 is 11.3 Å². The molecule has 0 aliphatic rings. The van der Waals surface area contributed by atoms with Crippen molar-refractivity contribution in [2.45, 2.75) is 46.7 Å². The van der Waals surface area contributed by atoms with Crippen molar-refractivity contribution in [2.24, 2.45) is 0 Å². The van der Waals surface area contributed by atoms with Gasteiger partial charge in [-0.2, -0.15) is 0 Å². The van der Waals surface area contributed by atoms with Crippen molar-refractivity contribution in [1.29, 1.82) is 0 Å². The number of benzene rings is 1. The van der Waals surface area contributed by atoms with Crippen molar-refractivity contribution in [2.75, 3.05) is 12.4 Å². The highest BCUT2D eigenvalue weighted by atomic mass is 32.1. The Morgan fingerprint density at radius 2 is 2.17 bits per heavy atom. The third-order valence-corrected chi connectivity index (χ3v) is 5.24. The molecule has 1 aromatic heterocycles. The van der Waals surface area contributed by atoms with Crippen LogP contribution in [0.3, 0.4) is 0 Å². The number of aryl methyl sites for hydroxylation is 2. The first-order valence-electron chi connectivity index (χ1n) is 8.08. The zero-order valence-corrected chi connectivity index (χ0v) is 15.7. The second-order valence-electron chi connectivity index (χ2n) is 5.73. The number of methoxy groups -OCH3 is 1. The average Bonchev–Trinajstić information content (AvgIpc) is 2.93. The molecule has 0 spiro atoms. The first-order chi connectivity index (χ1) is 11.4. The van der Waals surface area contributed by atoms with Crippen LogP contribution < -0.4 is 15.4 Å². The first-order valence-corrected chi connectivity index (χ1v) is 8.90. The van der Waals surface area contributed by atoms with Gasteiger partial charge in [0.15, 0.2) is 0 Å². The number of nitrogens with one attached hydrogen (secondary N) is 2. The number of hydrogen-bond donors (Lipinski definition) is 2. The molecular formula is C18H25N3O2S. The topological polar surface area (TPSA) is 63.3 Å². The van der Waals surface area contributed by atoms with E-state index in [1.165, 1.54) is 16.8 Å². The molecule has 6 heteroatoms. The van der Waals surface area contributed by atoms with Gasteiger partial charge in [-0.05, 0) is 38.0 Å². The Kier molecular flexibility index (Phi) is 6.34. The molecule has 1 aromatic carbocycles. The normalized spacial score (nSPS) is 12.0. The third-order valence-electron chi connectivity index (χ3n) is 3.76. The maximum Gasteiger partial charge on any atom is 0.221 e. The van der Waals surface area contributed by atoms with Crippen LogP contribution in [0.2, 0.25) is 0 Å². The quantitative estimate of drug-likeness (QED) is 0.799. The monoisotopic (exact) mass is 347 g/mol. The number of carbonyl (C=O) groups is 1. The molecule has 1 amide bonds.